The highest BCUT2D eigenvalue weighted by Crippen LogP contribution is 2.25. The van der Waals surface area contributed by atoms with Crippen molar-refractivity contribution in [2.75, 3.05) is 19.6 Å². The summed E-state index contributed by atoms with van der Waals surface area (Å²) in [5.41, 5.74) is 2.76. The quantitative estimate of drug-likeness (QED) is 0.786. The van der Waals surface area contributed by atoms with Crippen molar-refractivity contribution < 1.29 is 4.79 Å². The lowest BCUT2D eigenvalue weighted by Gasteiger charge is -2.39. The molecule has 3 N–H and O–H groups in total. The van der Waals surface area contributed by atoms with Crippen molar-refractivity contribution in [2.45, 2.75) is 70.0 Å². The minimum atomic E-state index is -0.00711. The van der Waals surface area contributed by atoms with E-state index in [2.05, 4.69) is 25.7 Å². The molecule has 0 unspecified atom stereocenters. The maximum atomic E-state index is 12.6. The number of H-pyrrole nitrogens is 1. The number of fused-ring (bicyclic) bond motifs is 1. The van der Waals surface area contributed by atoms with Crippen molar-refractivity contribution in [3.8, 4) is 0 Å². The third-order valence-corrected chi connectivity index (χ3v) is 5.98. The van der Waals surface area contributed by atoms with Gasteiger partial charge in [-0.05, 0) is 25.7 Å². The lowest BCUT2D eigenvalue weighted by molar-refractivity contribution is 0.0860. The van der Waals surface area contributed by atoms with Crippen molar-refractivity contribution in [1.29, 1.82) is 0 Å². The van der Waals surface area contributed by atoms with E-state index >= 15 is 0 Å². The van der Waals surface area contributed by atoms with Gasteiger partial charge in [0, 0.05) is 55.9 Å². The Morgan fingerprint density at radius 1 is 1.12 bits per heavy atom. The highest BCUT2D eigenvalue weighted by Gasteiger charge is 2.28. The van der Waals surface area contributed by atoms with Gasteiger partial charge in [-0.25, -0.2) is 0 Å². The summed E-state index contributed by atoms with van der Waals surface area (Å²) in [7, 11) is 0. The van der Waals surface area contributed by atoms with Gasteiger partial charge in [0.05, 0.1) is 0 Å². The highest BCUT2D eigenvalue weighted by atomic mass is 16.2. The van der Waals surface area contributed by atoms with E-state index in [1.807, 2.05) is 0 Å². The van der Waals surface area contributed by atoms with Crippen LogP contribution in [0.4, 0.5) is 0 Å². The van der Waals surface area contributed by atoms with E-state index in [-0.39, 0.29) is 5.91 Å². The Morgan fingerprint density at radius 2 is 1.92 bits per heavy atom. The standard InChI is InChI=1S/C18H29N5O/c24-18(17-15-12-19-9-6-16(15)21-22-17)20-13-7-10-23(11-8-13)14-4-2-1-3-5-14/h13-14,19H,1-12H2,(H,20,24)(H,21,22). The first-order valence-electron chi connectivity index (χ1n) is 9.63. The zero-order valence-electron chi connectivity index (χ0n) is 14.4. The first-order chi connectivity index (χ1) is 11.8. The maximum Gasteiger partial charge on any atom is 0.272 e. The van der Waals surface area contributed by atoms with Gasteiger partial charge in [-0.3, -0.25) is 9.89 Å². The van der Waals surface area contributed by atoms with Gasteiger partial charge in [-0.1, -0.05) is 19.3 Å². The molecule has 1 aromatic heterocycles. The van der Waals surface area contributed by atoms with Gasteiger partial charge in [-0.15, -0.1) is 0 Å². The molecule has 0 spiro atoms. The number of amides is 1. The molecule has 4 rings (SSSR count). The van der Waals surface area contributed by atoms with Crippen LogP contribution in [0.25, 0.3) is 0 Å². The lowest BCUT2D eigenvalue weighted by atomic mass is 9.92. The molecule has 6 nitrogen and oxygen atoms in total. The minimum Gasteiger partial charge on any atom is -0.348 e. The first-order valence-corrected chi connectivity index (χ1v) is 9.63. The Balaban J connectivity index is 1.30. The lowest BCUT2D eigenvalue weighted by Crippen LogP contribution is -2.48. The van der Waals surface area contributed by atoms with Crippen molar-refractivity contribution in [3.63, 3.8) is 0 Å². The molecule has 3 heterocycles. The van der Waals surface area contributed by atoms with Gasteiger partial charge >= 0.3 is 0 Å². The molecule has 1 aliphatic carbocycles. The first kappa shape index (κ1) is 16.1. The number of likely N-dealkylation sites (tertiary alicyclic amines) is 1. The van der Waals surface area contributed by atoms with Crippen LogP contribution in [0.3, 0.4) is 0 Å². The van der Waals surface area contributed by atoms with Crippen molar-refractivity contribution in [1.82, 2.24) is 25.7 Å². The number of rotatable bonds is 3. The summed E-state index contributed by atoms with van der Waals surface area (Å²) in [6, 6.07) is 1.08. The topological polar surface area (TPSA) is 73.0 Å². The summed E-state index contributed by atoms with van der Waals surface area (Å²) < 4.78 is 0. The molecule has 1 saturated heterocycles. The summed E-state index contributed by atoms with van der Waals surface area (Å²) in [5.74, 6) is -0.00711. The molecule has 1 aromatic rings. The molecule has 6 heteroatoms. The summed E-state index contributed by atoms with van der Waals surface area (Å²) >= 11 is 0. The van der Waals surface area contributed by atoms with Crippen LogP contribution in [-0.2, 0) is 13.0 Å². The van der Waals surface area contributed by atoms with E-state index in [1.165, 1.54) is 32.1 Å². The van der Waals surface area contributed by atoms with Gasteiger partial charge in [-0.2, -0.15) is 5.10 Å². The van der Waals surface area contributed by atoms with E-state index in [4.69, 9.17) is 0 Å². The van der Waals surface area contributed by atoms with E-state index in [0.717, 1.165) is 62.7 Å². The molecule has 0 atom stereocenters. The zero-order valence-corrected chi connectivity index (χ0v) is 14.4. The third kappa shape index (κ3) is 3.35. The summed E-state index contributed by atoms with van der Waals surface area (Å²) in [6.07, 6.45) is 9.97. The average Bonchev–Trinajstić information content (AvgIpc) is 3.07. The van der Waals surface area contributed by atoms with Crippen LogP contribution in [0.15, 0.2) is 0 Å². The number of nitrogens with one attached hydrogen (secondary N) is 3. The predicted molar refractivity (Wildman–Crippen MR) is 92.9 cm³/mol. The van der Waals surface area contributed by atoms with Crippen LogP contribution in [0, 0.1) is 0 Å². The molecule has 0 aromatic carbocycles. The van der Waals surface area contributed by atoms with Gasteiger partial charge in [0.25, 0.3) is 5.91 Å². The van der Waals surface area contributed by atoms with Crippen molar-refractivity contribution in [3.05, 3.63) is 17.0 Å². The van der Waals surface area contributed by atoms with Crippen LogP contribution in [-0.4, -0.2) is 52.7 Å². The second-order valence-electron chi connectivity index (χ2n) is 7.53. The summed E-state index contributed by atoms with van der Waals surface area (Å²) in [5, 5.41) is 13.8. The van der Waals surface area contributed by atoms with Gasteiger partial charge in [0.15, 0.2) is 5.69 Å². The molecule has 3 aliphatic rings. The maximum absolute atomic E-state index is 12.6. The smallest absolute Gasteiger partial charge is 0.272 e. The Morgan fingerprint density at radius 3 is 2.71 bits per heavy atom. The van der Waals surface area contributed by atoms with Gasteiger partial charge in [0.2, 0.25) is 0 Å². The van der Waals surface area contributed by atoms with E-state index in [9.17, 15) is 4.79 Å². The molecule has 24 heavy (non-hydrogen) atoms. The average molecular weight is 331 g/mol. The Bertz CT molecular complexity index is 570. The Kier molecular flexibility index (Phi) is 4.85. The van der Waals surface area contributed by atoms with E-state index in [0.29, 0.717) is 11.7 Å². The van der Waals surface area contributed by atoms with Gasteiger partial charge in [0.1, 0.15) is 0 Å². The fourth-order valence-electron chi connectivity index (χ4n) is 4.52. The van der Waals surface area contributed by atoms with Crippen LogP contribution in [0.2, 0.25) is 0 Å². The van der Waals surface area contributed by atoms with Gasteiger partial charge < -0.3 is 15.5 Å². The second-order valence-corrected chi connectivity index (χ2v) is 7.53. The molecule has 1 saturated carbocycles. The van der Waals surface area contributed by atoms with Crippen molar-refractivity contribution >= 4 is 5.91 Å². The monoisotopic (exact) mass is 331 g/mol. The molecule has 1 amide bonds. The number of aromatic nitrogens is 2. The molecule has 132 valence electrons. The fraction of sp³-hybridized carbons (Fsp3) is 0.778. The minimum absolute atomic E-state index is 0.00711. The fourth-order valence-corrected chi connectivity index (χ4v) is 4.52. The molecule has 0 radical (unpaired) electrons. The van der Waals surface area contributed by atoms with E-state index in [1.54, 1.807) is 0 Å². The largest absolute Gasteiger partial charge is 0.348 e. The van der Waals surface area contributed by atoms with E-state index < -0.39 is 0 Å². The molecule has 0 bridgehead atoms. The van der Waals surface area contributed by atoms with Crippen LogP contribution in [0.1, 0.15) is 66.7 Å². The number of piperidine rings is 1. The molecular weight excluding hydrogens is 302 g/mol. The third-order valence-electron chi connectivity index (χ3n) is 5.98. The SMILES string of the molecule is O=C(NC1CCN(C2CCCCC2)CC1)c1n[nH]c2c1CNCC2. The summed E-state index contributed by atoms with van der Waals surface area (Å²) in [4.78, 5) is 15.2. The Labute approximate surface area is 143 Å². The van der Waals surface area contributed by atoms with Crippen LogP contribution >= 0.6 is 0 Å². The molecular formula is C18H29N5O. The summed E-state index contributed by atoms with van der Waals surface area (Å²) in [6.45, 7) is 3.94. The number of hydrogen-bond acceptors (Lipinski definition) is 4. The number of hydrogen-bond donors (Lipinski definition) is 3. The number of aromatic amines is 1. The van der Waals surface area contributed by atoms with Crippen molar-refractivity contribution in [2.24, 2.45) is 0 Å². The van der Waals surface area contributed by atoms with Crippen LogP contribution < -0.4 is 10.6 Å². The molecule has 2 fully saturated rings. The number of nitrogens with zero attached hydrogens (tertiary/aromatic N) is 2. The second kappa shape index (κ2) is 7.23. The highest BCUT2D eigenvalue weighted by molar-refractivity contribution is 5.94. The normalized spacial score (nSPS) is 23.8. The van der Waals surface area contributed by atoms with Crippen LogP contribution in [0.5, 0.6) is 0 Å². The zero-order chi connectivity index (χ0) is 16.4. The number of carbonyl (C=O) groups is 1. The molecule has 2 aliphatic heterocycles. The Hall–Kier alpha value is -1.40. The number of carbonyl (C=O) groups excluding carboxylic acids is 1. The predicted octanol–water partition coefficient (Wildman–Crippen LogP) is 1.58.